The molecule has 0 bridgehead atoms. The van der Waals surface area contributed by atoms with Gasteiger partial charge in [-0.3, -0.25) is 4.79 Å². The zero-order valence-corrected chi connectivity index (χ0v) is 11.6. The van der Waals surface area contributed by atoms with Gasteiger partial charge >= 0.3 is 0 Å². The maximum atomic E-state index is 11.9. The number of benzene rings is 1. The highest BCUT2D eigenvalue weighted by Gasteiger charge is 2.20. The van der Waals surface area contributed by atoms with Crippen LogP contribution in [-0.2, 0) is 0 Å². The Hall–Kier alpha value is -1.75. The van der Waals surface area contributed by atoms with Crippen molar-refractivity contribution in [1.82, 2.24) is 10.2 Å². The Morgan fingerprint density at radius 3 is 2.58 bits per heavy atom. The Labute approximate surface area is 114 Å². The maximum Gasteiger partial charge on any atom is 0.253 e. The Balaban J connectivity index is 2.23. The van der Waals surface area contributed by atoms with Gasteiger partial charge in [-0.15, -0.1) is 0 Å². The zero-order chi connectivity index (χ0) is 13.8. The molecule has 1 aromatic carbocycles. The number of carbonyl (C=O) groups excluding carboxylic acids is 1. The monoisotopic (exact) mass is 262 g/mol. The standard InChI is InChI=1S/C14H22N4O/c1-3-17-6-8-18(9-7-17)13-10-11(15)4-5-12(13)14(19)16-2/h4-5,10H,3,6-9,15H2,1-2H3,(H,16,19). The number of nitrogens with two attached hydrogens (primary N) is 1. The van der Waals surface area contributed by atoms with E-state index in [4.69, 9.17) is 5.73 Å². The molecule has 19 heavy (non-hydrogen) atoms. The second-order valence-electron chi connectivity index (χ2n) is 4.78. The molecule has 0 unspecified atom stereocenters. The van der Waals surface area contributed by atoms with Gasteiger partial charge in [0.2, 0.25) is 0 Å². The van der Waals surface area contributed by atoms with Crippen LogP contribution >= 0.6 is 0 Å². The minimum absolute atomic E-state index is 0.0621. The highest BCUT2D eigenvalue weighted by Crippen LogP contribution is 2.24. The smallest absolute Gasteiger partial charge is 0.253 e. The average molecular weight is 262 g/mol. The minimum Gasteiger partial charge on any atom is -0.399 e. The number of amides is 1. The second-order valence-corrected chi connectivity index (χ2v) is 4.78. The molecule has 1 aliphatic rings. The maximum absolute atomic E-state index is 11.9. The van der Waals surface area contributed by atoms with Gasteiger partial charge in [0, 0.05) is 38.9 Å². The summed E-state index contributed by atoms with van der Waals surface area (Å²) < 4.78 is 0. The largest absolute Gasteiger partial charge is 0.399 e. The third kappa shape index (κ3) is 2.98. The summed E-state index contributed by atoms with van der Waals surface area (Å²) >= 11 is 0. The van der Waals surface area contributed by atoms with E-state index < -0.39 is 0 Å². The van der Waals surface area contributed by atoms with E-state index in [1.54, 1.807) is 19.2 Å². The number of nitrogens with one attached hydrogen (secondary N) is 1. The lowest BCUT2D eigenvalue weighted by Gasteiger charge is -2.36. The lowest BCUT2D eigenvalue weighted by atomic mass is 10.1. The lowest BCUT2D eigenvalue weighted by molar-refractivity contribution is 0.0963. The van der Waals surface area contributed by atoms with E-state index in [-0.39, 0.29) is 5.91 Å². The summed E-state index contributed by atoms with van der Waals surface area (Å²) in [5.74, 6) is -0.0621. The number of piperazine rings is 1. The lowest BCUT2D eigenvalue weighted by Crippen LogP contribution is -2.46. The van der Waals surface area contributed by atoms with E-state index in [0.29, 0.717) is 11.3 Å². The first kappa shape index (κ1) is 13.7. The number of rotatable bonds is 3. The van der Waals surface area contributed by atoms with Crippen LogP contribution in [0.5, 0.6) is 0 Å². The van der Waals surface area contributed by atoms with E-state index in [9.17, 15) is 4.79 Å². The summed E-state index contributed by atoms with van der Waals surface area (Å²) in [5, 5.41) is 2.68. The molecule has 0 saturated carbocycles. The molecule has 0 aromatic heterocycles. The highest BCUT2D eigenvalue weighted by molar-refractivity contribution is 6.00. The molecule has 1 saturated heterocycles. The number of nitrogens with zero attached hydrogens (tertiary/aromatic N) is 2. The highest BCUT2D eigenvalue weighted by atomic mass is 16.1. The molecule has 1 aromatic rings. The van der Waals surface area contributed by atoms with Gasteiger partial charge in [0.15, 0.2) is 0 Å². The van der Waals surface area contributed by atoms with Gasteiger partial charge in [-0.25, -0.2) is 0 Å². The normalized spacial score (nSPS) is 16.4. The summed E-state index contributed by atoms with van der Waals surface area (Å²) in [6, 6.07) is 5.47. The zero-order valence-electron chi connectivity index (χ0n) is 11.6. The van der Waals surface area contributed by atoms with Gasteiger partial charge in [-0.1, -0.05) is 6.92 Å². The second kappa shape index (κ2) is 5.93. The van der Waals surface area contributed by atoms with Crippen LogP contribution < -0.4 is 16.0 Å². The van der Waals surface area contributed by atoms with Crippen LogP contribution in [0.4, 0.5) is 11.4 Å². The molecule has 5 nitrogen and oxygen atoms in total. The van der Waals surface area contributed by atoms with Gasteiger partial charge in [0.1, 0.15) is 0 Å². The van der Waals surface area contributed by atoms with Crippen LogP contribution in [-0.4, -0.2) is 50.6 Å². The molecule has 0 atom stereocenters. The molecule has 0 aliphatic carbocycles. The van der Waals surface area contributed by atoms with Gasteiger partial charge in [-0.05, 0) is 24.7 Å². The molecule has 1 heterocycles. The van der Waals surface area contributed by atoms with Crippen molar-refractivity contribution in [3.63, 3.8) is 0 Å². The van der Waals surface area contributed by atoms with E-state index in [1.165, 1.54) is 0 Å². The third-order valence-corrected chi connectivity index (χ3v) is 3.65. The molecule has 3 N–H and O–H groups in total. The van der Waals surface area contributed by atoms with Crippen LogP contribution in [0.3, 0.4) is 0 Å². The Morgan fingerprint density at radius 2 is 2.00 bits per heavy atom. The molecule has 104 valence electrons. The Kier molecular flexibility index (Phi) is 4.27. The number of likely N-dealkylation sites (N-methyl/N-ethyl adjacent to an activating group) is 1. The Morgan fingerprint density at radius 1 is 1.32 bits per heavy atom. The van der Waals surface area contributed by atoms with Crippen LogP contribution in [0, 0.1) is 0 Å². The van der Waals surface area contributed by atoms with E-state index in [2.05, 4.69) is 22.0 Å². The van der Waals surface area contributed by atoms with Gasteiger partial charge in [0.25, 0.3) is 5.91 Å². The number of nitrogen functional groups attached to an aromatic ring is 1. The topological polar surface area (TPSA) is 61.6 Å². The average Bonchev–Trinajstić information content (AvgIpc) is 2.46. The molecule has 2 rings (SSSR count). The first-order chi connectivity index (χ1) is 9.15. The van der Waals surface area contributed by atoms with Gasteiger partial charge in [0.05, 0.1) is 11.3 Å². The van der Waals surface area contributed by atoms with E-state index in [1.807, 2.05) is 6.07 Å². The van der Waals surface area contributed by atoms with Crippen molar-refractivity contribution >= 4 is 17.3 Å². The predicted molar refractivity (Wildman–Crippen MR) is 78.6 cm³/mol. The number of hydrogen-bond acceptors (Lipinski definition) is 4. The van der Waals surface area contributed by atoms with Crippen LogP contribution in [0.2, 0.25) is 0 Å². The van der Waals surface area contributed by atoms with Crippen LogP contribution in [0.15, 0.2) is 18.2 Å². The number of hydrogen-bond donors (Lipinski definition) is 2. The SMILES string of the molecule is CCN1CCN(c2cc(N)ccc2C(=O)NC)CC1. The van der Waals surface area contributed by atoms with Crippen molar-refractivity contribution in [2.45, 2.75) is 6.92 Å². The summed E-state index contributed by atoms with van der Waals surface area (Å²) in [5.41, 5.74) is 8.19. The van der Waals surface area contributed by atoms with Gasteiger partial charge in [-0.2, -0.15) is 0 Å². The molecule has 0 radical (unpaired) electrons. The van der Waals surface area contributed by atoms with Crippen LogP contribution in [0.25, 0.3) is 0 Å². The Bertz CT molecular complexity index is 453. The number of anilines is 2. The quantitative estimate of drug-likeness (QED) is 0.790. The first-order valence-corrected chi connectivity index (χ1v) is 6.74. The fraction of sp³-hybridized carbons (Fsp3) is 0.500. The number of carbonyl (C=O) groups is 1. The minimum atomic E-state index is -0.0621. The van der Waals surface area contributed by atoms with Crippen LogP contribution in [0.1, 0.15) is 17.3 Å². The molecule has 1 aliphatic heterocycles. The molecule has 1 amide bonds. The van der Waals surface area contributed by atoms with Crippen molar-refractivity contribution < 1.29 is 4.79 Å². The summed E-state index contributed by atoms with van der Waals surface area (Å²) in [6.07, 6.45) is 0. The van der Waals surface area contributed by atoms with Crippen molar-refractivity contribution in [3.05, 3.63) is 23.8 Å². The molecule has 1 fully saturated rings. The van der Waals surface area contributed by atoms with E-state index in [0.717, 1.165) is 38.4 Å². The van der Waals surface area contributed by atoms with Crippen molar-refractivity contribution in [2.75, 3.05) is 50.4 Å². The predicted octanol–water partition coefficient (Wildman–Crippen LogP) is 0.770. The fourth-order valence-electron chi connectivity index (χ4n) is 2.44. The molecule has 0 spiro atoms. The summed E-state index contributed by atoms with van der Waals surface area (Å²) in [6.45, 7) is 7.17. The summed E-state index contributed by atoms with van der Waals surface area (Å²) in [7, 11) is 1.65. The van der Waals surface area contributed by atoms with Gasteiger partial charge < -0.3 is 20.9 Å². The molecular formula is C14H22N4O. The molecular weight excluding hydrogens is 240 g/mol. The van der Waals surface area contributed by atoms with Crippen molar-refractivity contribution in [3.8, 4) is 0 Å². The first-order valence-electron chi connectivity index (χ1n) is 6.74. The third-order valence-electron chi connectivity index (χ3n) is 3.65. The fourth-order valence-corrected chi connectivity index (χ4v) is 2.44. The van der Waals surface area contributed by atoms with Crippen molar-refractivity contribution in [1.29, 1.82) is 0 Å². The van der Waals surface area contributed by atoms with Crippen molar-refractivity contribution in [2.24, 2.45) is 0 Å². The molecule has 5 heteroatoms. The summed E-state index contributed by atoms with van der Waals surface area (Å²) in [4.78, 5) is 16.6. The van der Waals surface area contributed by atoms with E-state index >= 15 is 0 Å².